The van der Waals surface area contributed by atoms with E-state index in [4.69, 9.17) is 10.7 Å². The molecule has 0 radical (unpaired) electrons. The number of amides is 2. The lowest BCUT2D eigenvalue weighted by Gasteiger charge is -2.20. The number of benzene rings is 1. The maximum absolute atomic E-state index is 13.0. The average Bonchev–Trinajstić information content (AvgIpc) is 2.86. The Labute approximate surface area is 162 Å². The first kappa shape index (κ1) is 17.8. The van der Waals surface area contributed by atoms with Crippen LogP contribution in [0.4, 0.5) is 5.69 Å². The Kier molecular flexibility index (Phi) is 4.30. The second kappa shape index (κ2) is 6.53. The number of carbonyl (C=O) groups excluding carboxylic acids is 2. The number of hydrogen-bond donors (Lipinski definition) is 1. The van der Waals surface area contributed by atoms with E-state index in [9.17, 15) is 9.59 Å². The molecule has 2 aliphatic rings. The molecule has 1 fully saturated rings. The Hall–Kier alpha value is -2.60. The van der Waals surface area contributed by atoms with E-state index >= 15 is 0 Å². The number of anilines is 1. The van der Waals surface area contributed by atoms with Gasteiger partial charge in [-0.05, 0) is 43.5 Å². The molecule has 2 aliphatic heterocycles. The highest BCUT2D eigenvalue weighted by Gasteiger charge is 2.48. The van der Waals surface area contributed by atoms with Gasteiger partial charge in [0.2, 0.25) is 0 Å². The average molecular weight is 379 g/mol. The number of nitrogens with two attached hydrogens (primary N) is 1. The molecule has 1 aromatic heterocycles. The Morgan fingerprint density at radius 3 is 2.52 bits per heavy atom. The summed E-state index contributed by atoms with van der Waals surface area (Å²) in [6, 6.07) is 11.2. The zero-order chi connectivity index (χ0) is 19.3. The predicted octanol–water partition coefficient (Wildman–Crippen LogP) is 3.31. The molecule has 0 bridgehead atoms. The van der Waals surface area contributed by atoms with E-state index < -0.39 is 5.25 Å². The molecule has 138 valence electrons. The van der Waals surface area contributed by atoms with Crippen molar-refractivity contribution in [2.24, 2.45) is 11.7 Å². The van der Waals surface area contributed by atoms with Gasteiger partial charge in [0.1, 0.15) is 10.3 Å². The van der Waals surface area contributed by atoms with E-state index in [1.54, 1.807) is 12.1 Å². The zero-order valence-corrected chi connectivity index (χ0v) is 16.3. The number of carbonyl (C=O) groups is 2. The predicted molar refractivity (Wildman–Crippen MR) is 107 cm³/mol. The van der Waals surface area contributed by atoms with Crippen molar-refractivity contribution in [1.82, 2.24) is 4.98 Å². The summed E-state index contributed by atoms with van der Waals surface area (Å²) in [5.41, 5.74) is 10.4. The fraction of sp³-hybridized carbons (Fsp3) is 0.286. The molecule has 1 aromatic carbocycles. The fourth-order valence-electron chi connectivity index (χ4n) is 3.44. The monoisotopic (exact) mass is 379 g/mol. The summed E-state index contributed by atoms with van der Waals surface area (Å²) < 4.78 is 0. The van der Waals surface area contributed by atoms with Gasteiger partial charge < -0.3 is 5.73 Å². The number of hydrogen-bond acceptors (Lipinski definition) is 5. The summed E-state index contributed by atoms with van der Waals surface area (Å²) in [6.07, 6.45) is 0.858. The van der Waals surface area contributed by atoms with Crippen molar-refractivity contribution in [1.29, 1.82) is 0 Å². The van der Waals surface area contributed by atoms with Gasteiger partial charge in [-0.25, -0.2) is 9.88 Å². The van der Waals surface area contributed by atoms with Gasteiger partial charge in [0.25, 0.3) is 11.8 Å². The van der Waals surface area contributed by atoms with Crippen LogP contribution in [0.1, 0.15) is 30.7 Å². The number of rotatable bonds is 3. The van der Waals surface area contributed by atoms with Crippen LogP contribution in [0.2, 0.25) is 0 Å². The number of aromatic nitrogens is 1. The maximum atomic E-state index is 13.0. The highest BCUT2D eigenvalue weighted by Crippen LogP contribution is 2.44. The summed E-state index contributed by atoms with van der Waals surface area (Å²) in [7, 11) is 0. The molecule has 5 nitrogen and oxygen atoms in total. The Morgan fingerprint density at radius 2 is 1.85 bits per heavy atom. The molecule has 0 spiro atoms. The van der Waals surface area contributed by atoms with Crippen LogP contribution < -0.4 is 10.6 Å². The molecule has 6 heteroatoms. The summed E-state index contributed by atoms with van der Waals surface area (Å²) in [5.74, 6) is -0.108. The lowest BCUT2D eigenvalue weighted by atomic mass is 10.0. The molecular formula is C21H21N3O2S. The van der Waals surface area contributed by atoms with Crippen LogP contribution >= 0.6 is 11.8 Å². The van der Waals surface area contributed by atoms with Crippen LogP contribution in [0.5, 0.6) is 0 Å². The minimum absolute atomic E-state index is 0.256. The normalized spacial score (nSPS) is 19.0. The van der Waals surface area contributed by atoms with Gasteiger partial charge in [0.15, 0.2) is 0 Å². The standard InChI is InChI=1S/C21H21N3O2S/c1-11(2)10-13-6-9-15-17(22)16-18(27-19(15)23-13)21(26)24(20(16)25)14-7-4-12(3)5-8-14/h4-9,11,18H,10,22H2,1-3H3/t18-/m0/s1. The van der Waals surface area contributed by atoms with Gasteiger partial charge in [-0.15, -0.1) is 0 Å². The van der Waals surface area contributed by atoms with Gasteiger partial charge in [0.05, 0.1) is 17.0 Å². The van der Waals surface area contributed by atoms with Crippen LogP contribution in [0.15, 0.2) is 47.0 Å². The molecular weight excluding hydrogens is 358 g/mol. The summed E-state index contributed by atoms with van der Waals surface area (Å²) >= 11 is 1.32. The molecule has 0 aliphatic carbocycles. The van der Waals surface area contributed by atoms with E-state index in [2.05, 4.69) is 13.8 Å². The van der Waals surface area contributed by atoms with Crippen LogP contribution in [-0.2, 0) is 16.0 Å². The summed E-state index contributed by atoms with van der Waals surface area (Å²) in [5, 5.41) is 0.0967. The van der Waals surface area contributed by atoms with Gasteiger partial charge in [-0.1, -0.05) is 43.3 Å². The Bertz CT molecular complexity index is 979. The highest BCUT2D eigenvalue weighted by molar-refractivity contribution is 8.01. The first-order valence-corrected chi connectivity index (χ1v) is 9.86. The number of pyridine rings is 1. The molecule has 27 heavy (non-hydrogen) atoms. The van der Waals surface area contributed by atoms with E-state index in [1.165, 1.54) is 16.7 Å². The number of aryl methyl sites for hydroxylation is 1. The molecule has 4 rings (SSSR count). The summed E-state index contributed by atoms with van der Waals surface area (Å²) in [6.45, 7) is 6.24. The van der Waals surface area contributed by atoms with Gasteiger partial charge in [-0.2, -0.15) is 0 Å². The van der Waals surface area contributed by atoms with Crippen molar-refractivity contribution in [3.8, 4) is 0 Å². The van der Waals surface area contributed by atoms with Crippen molar-refractivity contribution in [2.75, 3.05) is 4.90 Å². The van der Waals surface area contributed by atoms with Crippen molar-refractivity contribution in [3.05, 3.63) is 58.8 Å². The van der Waals surface area contributed by atoms with E-state index in [1.807, 2.05) is 31.2 Å². The Balaban J connectivity index is 1.75. The molecule has 3 heterocycles. The van der Waals surface area contributed by atoms with Crippen LogP contribution in [0.3, 0.4) is 0 Å². The molecule has 2 N–H and O–H groups in total. The molecule has 0 saturated carbocycles. The molecule has 2 aromatic rings. The first-order chi connectivity index (χ1) is 12.9. The molecule has 1 atom stereocenters. The second-order valence-corrected chi connectivity index (χ2v) is 8.49. The second-order valence-electron chi connectivity index (χ2n) is 7.39. The van der Waals surface area contributed by atoms with Crippen molar-refractivity contribution < 1.29 is 9.59 Å². The molecule has 2 amide bonds. The van der Waals surface area contributed by atoms with Gasteiger partial charge in [0, 0.05) is 11.3 Å². The molecule has 0 unspecified atom stereocenters. The fourth-order valence-corrected chi connectivity index (χ4v) is 4.69. The zero-order valence-electron chi connectivity index (χ0n) is 15.5. The lowest BCUT2D eigenvalue weighted by molar-refractivity contribution is -0.120. The van der Waals surface area contributed by atoms with E-state index in [-0.39, 0.29) is 11.8 Å². The SMILES string of the molecule is Cc1ccc(N2C(=O)C3=C(N)c4ccc(CC(C)C)nc4S[C@@H]3C2=O)cc1. The summed E-state index contributed by atoms with van der Waals surface area (Å²) in [4.78, 5) is 32.0. The number of imide groups is 1. The minimum atomic E-state index is -0.631. The van der Waals surface area contributed by atoms with Crippen molar-refractivity contribution >= 4 is 35.0 Å². The van der Waals surface area contributed by atoms with Crippen LogP contribution in [0.25, 0.3) is 5.70 Å². The third-order valence-corrected chi connectivity index (χ3v) is 5.99. The Morgan fingerprint density at radius 1 is 1.15 bits per heavy atom. The van der Waals surface area contributed by atoms with Gasteiger partial charge in [-0.3, -0.25) is 9.59 Å². The maximum Gasteiger partial charge on any atom is 0.264 e. The van der Waals surface area contributed by atoms with Crippen LogP contribution in [0, 0.1) is 12.8 Å². The number of nitrogens with zero attached hydrogens (tertiary/aromatic N) is 2. The minimum Gasteiger partial charge on any atom is -0.398 e. The van der Waals surface area contributed by atoms with E-state index in [0.29, 0.717) is 22.9 Å². The third-order valence-electron chi connectivity index (χ3n) is 4.78. The first-order valence-electron chi connectivity index (χ1n) is 8.98. The van der Waals surface area contributed by atoms with Crippen molar-refractivity contribution in [3.63, 3.8) is 0 Å². The van der Waals surface area contributed by atoms with Crippen LogP contribution in [-0.4, -0.2) is 22.0 Å². The highest BCUT2D eigenvalue weighted by atomic mass is 32.2. The van der Waals surface area contributed by atoms with Crippen molar-refractivity contribution in [2.45, 2.75) is 37.5 Å². The number of thioether (sulfide) groups is 1. The third kappa shape index (κ3) is 2.94. The van der Waals surface area contributed by atoms with Gasteiger partial charge >= 0.3 is 0 Å². The van der Waals surface area contributed by atoms with E-state index in [0.717, 1.165) is 28.3 Å². The topological polar surface area (TPSA) is 76.3 Å². The molecule has 1 saturated heterocycles. The quantitative estimate of drug-likeness (QED) is 0.828. The number of fused-ring (bicyclic) bond motifs is 2. The largest absolute Gasteiger partial charge is 0.398 e. The smallest absolute Gasteiger partial charge is 0.264 e. The lowest BCUT2D eigenvalue weighted by Crippen LogP contribution is -2.31.